The van der Waals surface area contributed by atoms with Gasteiger partial charge in [0.25, 0.3) is 0 Å². The van der Waals surface area contributed by atoms with Crippen molar-refractivity contribution in [3.05, 3.63) is 35.4 Å². The number of carboxylic acid groups (broad SMARTS) is 1. The zero-order valence-corrected chi connectivity index (χ0v) is 10.7. The van der Waals surface area contributed by atoms with Gasteiger partial charge in [-0.15, -0.1) is 0 Å². The quantitative estimate of drug-likeness (QED) is 0.567. The fraction of sp³-hybridized carbons (Fsp3) is 0. The van der Waals surface area contributed by atoms with Gasteiger partial charge in [-0.3, -0.25) is 0 Å². The van der Waals surface area contributed by atoms with Crippen molar-refractivity contribution in [1.82, 2.24) is 0 Å². The van der Waals surface area contributed by atoms with Crippen LogP contribution in [0.4, 0.5) is 0 Å². The first-order valence-electron chi connectivity index (χ1n) is 3.40. The molecule has 0 aromatic heterocycles. The van der Waals surface area contributed by atoms with E-state index < -0.39 is 11.9 Å². The van der Waals surface area contributed by atoms with Crippen LogP contribution in [0.3, 0.4) is 0 Å². The molecule has 2 radical (unpaired) electrons. The van der Waals surface area contributed by atoms with Crippen LogP contribution in [0, 0.1) is 0 Å². The Labute approximate surface area is 126 Å². The Hall–Kier alpha value is -0.139. The van der Waals surface area contributed by atoms with E-state index in [2.05, 4.69) is 12.7 Å². The monoisotopic (exact) mass is 216 g/mol. The Kier molecular flexibility index (Phi) is 6.30. The van der Waals surface area contributed by atoms with Gasteiger partial charge < -0.3 is 11.2 Å². The van der Waals surface area contributed by atoms with Gasteiger partial charge in [0.2, 0.25) is 0 Å². The van der Waals surface area contributed by atoms with Gasteiger partial charge in [-0.25, -0.2) is 9.59 Å². The third-order valence-corrected chi connectivity index (χ3v) is 1.48. The fourth-order valence-electron chi connectivity index (χ4n) is 0.911. The van der Waals surface area contributed by atoms with Crippen LogP contribution in [-0.2, 0) is 4.65 Å². The van der Waals surface area contributed by atoms with E-state index in [-0.39, 0.29) is 63.9 Å². The average molecular weight is 216 g/mol. The molecule has 0 atom stereocenters. The van der Waals surface area contributed by atoms with E-state index >= 15 is 0 Å². The van der Waals surface area contributed by atoms with Crippen LogP contribution in [0.25, 0.3) is 0 Å². The summed E-state index contributed by atoms with van der Waals surface area (Å²) in [4.78, 5) is 21.5. The topological polar surface area (TPSA) is 63.6 Å². The van der Waals surface area contributed by atoms with E-state index in [0.717, 1.165) is 0 Å². The molecule has 0 aliphatic heterocycles. The fourth-order valence-corrected chi connectivity index (χ4v) is 0.911. The second kappa shape index (κ2) is 6.36. The Morgan fingerprint density at radius 2 is 1.79 bits per heavy atom. The van der Waals surface area contributed by atoms with Gasteiger partial charge in [-0.05, 0) is 12.1 Å². The molecule has 1 N–H and O–H groups in total. The molecular weight excluding hydrogens is 210 g/mol. The molecule has 0 aliphatic carbocycles. The number of hydrogen-bond donors (Lipinski definition) is 1. The molecule has 1 aromatic rings. The summed E-state index contributed by atoms with van der Waals surface area (Å²) in [5.74, 6) is -2.06. The minimum absolute atomic E-state index is 0. The SMILES string of the molecule is [B]OC(=O)c1ccccc1C(=O)O.[H-].[K+]. The molecule has 66 valence electrons. The summed E-state index contributed by atoms with van der Waals surface area (Å²) < 4.78 is 3.92. The predicted octanol–water partition coefficient (Wildman–Crippen LogP) is -2.26. The molecule has 6 heteroatoms. The minimum Gasteiger partial charge on any atom is -1.00 e. The zero-order valence-electron chi connectivity index (χ0n) is 8.56. The van der Waals surface area contributed by atoms with Crippen LogP contribution >= 0.6 is 0 Å². The molecule has 1 aromatic carbocycles. The summed E-state index contributed by atoms with van der Waals surface area (Å²) in [5, 5.41) is 8.66. The third-order valence-electron chi connectivity index (χ3n) is 1.48. The van der Waals surface area contributed by atoms with Crippen LogP contribution in [0.2, 0.25) is 0 Å². The Bertz CT molecular complexity index is 358. The number of carboxylic acids is 1. The third kappa shape index (κ3) is 3.22. The van der Waals surface area contributed by atoms with Crippen molar-refractivity contribution >= 4 is 20.0 Å². The van der Waals surface area contributed by atoms with Crippen LogP contribution < -0.4 is 51.4 Å². The molecular formula is C8H6BKO4. The van der Waals surface area contributed by atoms with Crippen LogP contribution in [0.5, 0.6) is 0 Å². The minimum atomic E-state index is -1.19. The molecule has 14 heavy (non-hydrogen) atoms. The van der Waals surface area contributed by atoms with Crippen molar-refractivity contribution in [2.75, 3.05) is 0 Å². The number of hydrogen-bond acceptors (Lipinski definition) is 3. The molecule has 0 fully saturated rings. The van der Waals surface area contributed by atoms with Gasteiger partial charge in [0.1, 0.15) is 0 Å². The van der Waals surface area contributed by atoms with Crippen molar-refractivity contribution in [1.29, 1.82) is 0 Å². The van der Waals surface area contributed by atoms with Crippen molar-refractivity contribution in [2.24, 2.45) is 0 Å². The van der Waals surface area contributed by atoms with E-state index in [1.807, 2.05) is 0 Å². The smallest absolute Gasteiger partial charge is 1.00 e. The number of rotatable bonds is 2. The maximum absolute atomic E-state index is 10.9. The van der Waals surface area contributed by atoms with Crippen LogP contribution in [0.15, 0.2) is 24.3 Å². The van der Waals surface area contributed by atoms with Gasteiger partial charge >= 0.3 is 71.4 Å². The normalized spacial score (nSPS) is 8.57. The summed E-state index contributed by atoms with van der Waals surface area (Å²) in [6.07, 6.45) is 0. The average Bonchev–Trinajstić information content (AvgIpc) is 2.16. The standard InChI is InChI=1S/C8H5BO4.K.H/c9-13-8(12)6-4-2-1-3-5(6)7(10)11;;/h1-4H,(H,10,11);;/q;+1;-1. The first-order valence-corrected chi connectivity index (χ1v) is 3.40. The zero-order chi connectivity index (χ0) is 9.84. The molecule has 0 unspecified atom stereocenters. The molecule has 0 amide bonds. The summed E-state index contributed by atoms with van der Waals surface area (Å²) in [7, 11) is 4.63. The maximum Gasteiger partial charge on any atom is 1.00 e. The number of carbonyl (C=O) groups is 2. The Balaban J connectivity index is 0. The molecule has 1 rings (SSSR count). The summed E-state index contributed by atoms with van der Waals surface area (Å²) in [6, 6.07) is 5.67. The van der Waals surface area contributed by atoms with E-state index in [9.17, 15) is 9.59 Å². The second-order valence-corrected chi connectivity index (χ2v) is 2.26. The molecule has 0 bridgehead atoms. The first-order chi connectivity index (χ1) is 6.16. The summed E-state index contributed by atoms with van der Waals surface area (Å²) in [5.41, 5.74) is -0.185. The van der Waals surface area contributed by atoms with Crippen molar-refractivity contribution in [2.45, 2.75) is 0 Å². The van der Waals surface area contributed by atoms with Crippen LogP contribution in [0.1, 0.15) is 22.1 Å². The van der Waals surface area contributed by atoms with Gasteiger partial charge in [0, 0.05) is 0 Å². The van der Waals surface area contributed by atoms with E-state index in [4.69, 9.17) is 5.11 Å². The Morgan fingerprint density at radius 3 is 2.21 bits per heavy atom. The molecule has 0 heterocycles. The van der Waals surface area contributed by atoms with Gasteiger partial charge in [-0.2, -0.15) is 0 Å². The number of benzene rings is 1. The molecule has 4 nitrogen and oxygen atoms in total. The van der Waals surface area contributed by atoms with Crippen LogP contribution in [-0.4, -0.2) is 25.1 Å². The van der Waals surface area contributed by atoms with E-state index in [1.165, 1.54) is 24.3 Å². The molecule has 0 saturated carbocycles. The predicted molar refractivity (Wildman–Crippen MR) is 45.7 cm³/mol. The summed E-state index contributed by atoms with van der Waals surface area (Å²) >= 11 is 0. The Morgan fingerprint density at radius 1 is 1.29 bits per heavy atom. The van der Waals surface area contributed by atoms with Gasteiger partial charge in [0.15, 0.2) is 0 Å². The molecule has 0 spiro atoms. The van der Waals surface area contributed by atoms with Gasteiger partial charge in [0.05, 0.1) is 11.1 Å². The maximum atomic E-state index is 10.9. The summed E-state index contributed by atoms with van der Waals surface area (Å²) in [6.45, 7) is 0. The van der Waals surface area contributed by atoms with Crippen molar-refractivity contribution in [3.63, 3.8) is 0 Å². The van der Waals surface area contributed by atoms with Crippen molar-refractivity contribution in [3.8, 4) is 0 Å². The second-order valence-electron chi connectivity index (χ2n) is 2.26. The van der Waals surface area contributed by atoms with Gasteiger partial charge in [-0.1, -0.05) is 12.1 Å². The first kappa shape index (κ1) is 13.9. The molecule has 0 aliphatic rings. The largest absolute Gasteiger partial charge is 1.00 e. The van der Waals surface area contributed by atoms with E-state index in [0.29, 0.717) is 0 Å². The number of aromatic carboxylic acids is 1. The van der Waals surface area contributed by atoms with Crippen molar-refractivity contribution < 1.29 is 72.2 Å². The van der Waals surface area contributed by atoms with E-state index in [1.54, 1.807) is 0 Å². The number of carbonyl (C=O) groups excluding carboxylic acids is 1. The molecule has 0 saturated heterocycles.